The number of anilines is 1. The number of rotatable bonds is 5. The Morgan fingerprint density at radius 3 is 2.31 bits per heavy atom. The van der Waals surface area contributed by atoms with Crippen LogP contribution in [0.1, 0.15) is 28.2 Å². The van der Waals surface area contributed by atoms with Gasteiger partial charge >= 0.3 is 0 Å². The molecule has 32 heavy (non-hydrogen) atoms. The maximum atomic E-state index is 6.00. The van der Waals surface area contributed by atoms with Gasteiger partial charge in [-0.15, -0.1) is 11.3 Å². The van der Waals surface area contributed by atoms with Crippen LogP contribution in [0.5, 0.6) is 11.5 Å². The number of aromatic nitrogens is 1. The summed E-state index contributed by atoms with van der Waals surface area (Å²) in [5.74, 6) is 1.60. The fourth-order valence-corrected chi connectivity index (χ4v) is 5.72. The standard InChI is InChI=1S/C25H20BrN3OS2/c1-16-5-9-18(10-6-16)30-19-11-7-17(8-12-19)29-24(21-13-14-22(26)32-21)23(28-25(29)31)20-4-2-3-15-27-20/h2-15,23-24H,1H3,(H,28,31)/t23-,24+/m0/s1. The molecule has 160 valence electrons. The highest BCUT2D eigenvalue weighted by atomic mass is 79.9. The zero-order valence-corrected chi connectivity index (χ0v) is 20.5. The van der Waals surface area contributed by atoms with Gasteiger partial charge < -0.3 is 15.0 Å². The van der Waals surface area contributed by atoms with Crippen molar-refractivity contribution in [2.45, 2.75) is 19.0 Å². The molecule has 0 aliphatic carbocycles. The number of benzene rings is 2. The van der Waals surface area contributed by atoms with Crippen LogP contribution >= 0.6 is 39.5 Å². The van der Waals surface area contributed by atoms with E-state index in [1.807, 2.05) is 72.9 Å². The monoisotopic (exact) mass is 521 g/mol. The van der Waals surface area contributed by atoms with Crippen molar-refractivity contribution in [3.8, 4) is 11.5 Å². The summed E-state index contributed by atoms with van der Waals surface area (Å²) in [6.07, 6.45) is 1.82. The second-order valence-electron chi connectivity index (χ2n) is 7.55. The largest absolute Gasteiger partial charge is 0.457 e. The Kier molecular flexibility index (Phi) is 5.95. The summed E-state index contributed by atoms with van der Waals surface area (Å²) in [6, 6.07) is 26.2. The Bertz CT molecular complexity index is 1230. The van der Waals surface area contributed by atoms with E-state index in [1.165, 1.54) is 10.4 Å². The Hall–Kier alpha value is -2.74. The van der Waals surface area contributed by atoms with E-state index in [4.69, 9.17) is 17.0 Å². The Morgan fingerprint density at radius 2 is 1.69 bits per heavy atom. The molecule has 4 aromatic rings. The van der Waals surface area contributed by atoms with Gasteiger partial charge in [0, 0.05) is 16.8 Å². The topological polar surface area (TPSA) is 37.4 Å². The van der Waals surface area contributed by atoms with Gasteiger partial charge in [-0.3, -0.25) is 4.98 Å². The van der Waals surface area contributed by atoms with E-state index in [0.717, 1.165) is 26.7 Å². The maximum absolute atomic E-state index is 6.00. The minimum atomic E-state index is -0.0438. The highest BCUT2D eigenvalue weighted by Crippen LogP contribution is 2.44. The number of hydrogen-bond donors (Lipinski definition) is 1. The number of nitrogens with zero attached hydrogens (tertiary/aromatic N) is 2. The average molecular weight is 522 g/mol. The minimum absolute atomic E-state index is 0.00225. The van der Waals surface area contributed by atoms with Crippen LogP contribution in [0.4, 0.5) is 5.69 Å². The van der Waals surface area contributed by atoms with Crippen molar-refractivity contribution in [2.24, 2.45) is 0 Å². The molecule has 7 heteroatoms. The molecule has 2 aromatic heterocycles. The summed E-state index contributed by atoms with van der Waals surface area (Å²) >= 11 is 11.1. The third-order valence-corrected chi connectivity index (χ3v) is 7.36. The summed E-state index contributed by atoms with van der Waals surface area (Å²) in [5.41, 5.74) is 3.18. The normalized spacial score (nSPS) is 17.9. The molecular weight excluding hydrogens is 502 g/mol. The summed E-state index contributed by atoms with van der Waals surface area (Å²) in [6.45, 7) is 2.06. The van der Waals surface area contributed by atoms with Gasteiger partial charge in [-0.25, -0.2) is 0 Å². The summed E-state index contributed by atoms with van der Waals surface area (Å²) in [5, 5.41) is 4.17. The molecule has 0 spiro atoms. The van der Waals surface area contributed by atoms with Gasteiger partial charge in [-0.2, -0.15) is 0 Å². The summed E-state index contributed by atoms with van der Waals surface area (Å²) in [7, 11) is 0. The summed E-state index contributed by atoms with van der Waals surface area (Å²) < 4.78 is 7.09. The molecule has 1 fully saturated rings. The third kappa shape index (κ3) is 4.28. The number of hydrogen-bond acceptors (Lipinski definition) is 4. The molecule has 2 atom stereocenters. The number of thiophene rings is 1. The van der Waals surface area contributed by atoms with Crippen LogP contribution in [-0.4, -0.2) is 10.1 Å². The molecule has 0 radical (unpaired) electrons. The van der Waals surface area contributed by atoms with Gasteiger partial charge in [0.1, 0.15) is 11.5 Å². The van der Waals surface area contributed by atoms with Crippen LogP contribution in [0.25, 0.3) is 0 Å². The van der Waals surface area contributed by atoms with Gasteiger partial charge in [-0.05, 0) is 95.7 Å². The second kappa shape index (κ2) is 9.02. The molecule has 2 aromatic carbocycles. The van der Waals surface area contributed by atoms with E-state index < -0.39 is 0 Å². The van der Waals surface area contributed by atoms with Gasteiger partial charge in [0.25, 0.3) is 0 Å². The number of aryl methyl sites for hydroxylation is 1. The SMILES string of the molecule is Cc1ccc(Oc2ccc(N3C(=S)N[C@@H](c4ccccn4)[C@H]3c3ccc(Br)s3)cc2)cc1. The highest BCUT2D eigenvalue weighted by Gasteiger charge is 2.41. The van der Waals surface area contributed by atoms with Crippen LogP contribution in [0.2, 0.25) is 0 Å². The first kappa shape index (κ1) is 21.1. The van der Waals surface area contributed by atoms with Crippen LogP contribution < -0.4 is 15.0 Å². The number of halogens is 1. The second-order valence-corrected chi connectivity index (χ2v) is 10.4. The van der Waals surface area contributed by atoms with Gasteiger partial charge in [0.15, 0.2) is 5.11 Å². The minimum Gasteiger partial charge on any atom is -0.457 e. The molecule has 1 aliphatic heterocycles. The van der Waals surface area contributed by atoms with E-state index in [0.29, 0.717) is 5.11 Å². The Morgan fingerprint density at radius 1 is 0.969 bits per heavy atom. The molecular formula is C25H20BrN3OS2. The number of nitrogens with one attached hydrogen (secondary N) is 1. The quantitative estimate of drug-likeness (QED) is 0.281. The third-order valence-electron chi connectivity index (χ3n) is 5.36. The van der Waals surface area contributed by atoms with Crippen molar-refractivity contribution in [1.29, 1.82) is 0 Å². The smallest absolute Gasteiger partial charge is 0.174 e. The molecule has 0 saturated carbocycles. The molecule has 0 amide bonds. The predicted octanol–water partition coefficient (Wildman–Crippen LogP) is 7.18. The predicted molar refractivity (Wildman–Crippen MR) is 138 cm³/mol. The first-order valence-corrected chi connectivity index (χ1v) is 12.2. The lowest BCUT2D eigenvalue weighted by Gasteiger charge is -2.27. The molecule has 1 saturated heterocycles. The molecule has 0 bridgehead atoms. The van der Waals surface area contributed by atoms with Crippen LogP contribution in [0, 0.1) is 6.92 Å². The Balaban J connectivity index is 1.46. The summed E-state index contributed by atoms with van der Waals surface area (Å²) in [4.78, 5) is 7.97. The molecule has 4 nitrogen and oxygen atoms in total. The molecule has 3 heterocycles. The van der Waals surface area contributed by atoms with Crippen LogP contribution in [0.15, 0.2) is 88.8 Å². The van der Waals surface area contributed by atoms with Crippen molar-refractivity contribution in [3.05, 3.63) is 105 Å². The zero-order valence-electron chi connectivity index (χ0n) is 17.2. The molecule has 1 aliphatic rings. The first-order valence-electron chi connectivity index (χ1n) is 10.2. The first-order chi connectivity index (χ1) is 15.6. The average Bonchev–Trinajstić information content (AvgIpc) is 3.39. The lowest BCUT2D eigenvalue weighted by Crippen LogP contribution is -2.28. The van der Waals surface area contributed by atoms with Crippen LogP contribution in [0.3, 0.4) is 0 Å². The van der Waals surface area contributed by atoms with Gasteiger partial charge in [0.05, 0.1) is 21.6 Å². The van der Waals surface area contributed by atoms with Crippen molar-refractivity contribution in [2.75, 3.05) is 4.90 Å². The van der Waals surface area contributed by atoms with Gasteiger partial charge in [-0.1, -0.05) is 23.8 Å². The number of thiocarbonyl (C=S) groups is 1. The van der Waals surface area contributed by atoms with E-state index in [9.17, 15) is 0 Å². The van der Waals surface area contributed by atoms with Crippen molar-refractivity contribution in [1.82, 2.24) is 10.3 Å². The van der Waals surface area contributed by atoms with E-state index >= 15 is 0 Å². The zero-order chi connectivity index (χ0) is 22.1. The fraction of sp³-hybridized carbons (Fsp3) is 0.120. The van der Waals surface area contributed by atoms with Crippen molar-refractivity contribution in [3.63, 3.8) is 0 Å². The molecule has 0 unspecified atom stereocenters. The molecule has 5 rings (SSSR count). The van der Waals surface area contributed by atoms with E-state index in [-0.39, 0.29) is 12.1 Å². The van der Waals surface area contributed by atoms with Crippen LogP contribution in [-0.2, 0) is 0 Å². The number of pyridine rings is 1. The fourth-order valence-electron chi connectivity index (χ4n) is 3.83. The number of ether oxygens (including phenoxy) is 1. The van der Waals surface area contributed by atoms with Crippen molar-refractivity contribution >= 4 is 50.3 Å². The highest BCUT2D eigenvalue weighted by molar-refractivity contribution is 9.11. The van der Waals surface area contributed by atoms with Gasteiger partial charge in [0.2, 0.25) is 0 Å². The van der Waals surface area contributed by atoms with E-state index in [1.54, 1.807) is 11.3 Å². The lowest BCUT2D eigenvalue weighted by atomic mass is 10.0. The lowest BCUT2D eigenvalue weighted by molar-refractivity contribution is 0.482. The Labute approximate surface area is 205 Å². The van der Waals surface area contributed by atoms with E-state index in [2.05, 4.69) is 50.2 Å². The van der Waals surface area contributed by atoms with Crippen molar-refractivity contribution < 1.29 is 4.74 Å². The molecule has 1 N–H and O–H groups in total. The maximum Gasteiger partial charge on any atom is 0.174 e.